The molecular formula is C21H14O3. The maximum absolute atomic E-state index is 12.7. The first-order chi connectivity index (χ1) is 11.7. The second kappa shape index (κ2) is 4.48. The topological polar surface area (TPSA) is 35.5 Å². The van der Waals surface area contributed by atoms with Crippen LogP contribution in [0, 0.1) is 0 Å². The van der Waals surface area contributed by atoms with E-state index in [2.05, 4.69) is 6.58 Å². The Hall–Kier alpha value is -3.07. The Bertz CT molecular complexity index is 933. The largest absolute Gasteiger partial charge is 0.456 e. The van der Waals surface area contributed by atoms with E-state index >= 15 is 0 Å². The van der Waals surface area contributed by atoms with Gasteiger partial charge in [-0.05, 0) is 24.1 Å². The number of rotatable bonds is 0. The van der Waals surface area contributed by atoms with E-state index in [1.54, 1.807) is 0 Å². The summed E-state index contributed by atoms with van der Waals surface area (Å²) in [5.41, 5.74) is 2.99. The van der Waals surface area contributed by atoms with Crippen LogP contribution in [0.15, 0.2) is 84.0 Å². The summed E-state index contributed by atoms with van der Waals surface area (Å²) >= 11 is 0. The van der Waals surface area contributed by atoms with Crippen LogP contribution in [0.1, 0.15) is 17.5 Å². The molecule has 0 atom stereocenters. The normalized spacial score (nSPS) is 19.5. The molecule has 0 amide bonds. The summed E-state index contributed by atoms with van der Waals surface area (Å²) in [7, 11) is 0. The van der Waals surface area contributed by atoms with E-state index in [-0.39, 0.29) is 5.97 Å². The van der Waals surface area contributed by atoms with Crippen molar-refractivity contribution in [2.45, 2.75) is 12.0 Å². The highest BCUT2D eigenvalue weighted by molar-refractivity contribution is 6.00. The van der Waals surface area contributed by atoms with Crippen molar-refractivity contribution < 1.29 is 14.3 Å². The molecule has 2 aromatic carbocycles. The molecule has 3 aliphatic rings. The van der Waals surface area contributed by atoms with Crippen molar-refractivity contribution in [1.82, 2.24) is 0 Å². The molecule has 0 aromatic heterocycles. The summed E-state index contributed by atoms with van der Waals surface area (Å²) in [5.74, 6) is 1.11. The van der Waals surface area contributed by atoms with Crippen LogP contribution >= 0.6 is 0 Å². The number of benzene rings is 2. The maximum Gasteiger partial charge on any atom is 0.340 e. The van der Waals surface area contributed by atoms with Gasteiger partial charge in [-0.3, -0.25) is 0 Å². The summed E-state index contributed by atoms with van der Waals surface area (Å²) in [6, 6.07) is 15.4. The second-order valence-corrected chi connectivity index (χ2v) is 6.16. The van der Waals surface area contributed by atoms with E-state index in [4.69, 9.17) is 9.47 Å². The average Bonchev–Trinajstić information content (AvgIpc) is 2.90. The fourth-order valence-corrected chi connectivity index (χ4v) is 3.84. The lowest BCUT2D eigenvalue weighted by molar-refractivity contribution is -0.144. The molecular weight excluding hydrogens is 300 g/mol. The summed E-state index contributed by atoms with van der Waals surface area (Å²) in [4.78, 5) is 12.7. The number of hydrogen-bond acceptors (Lipinski definition) is 3. The lowest BCUT2D eigenvalue weighted by Crippen LogP contribution is -2.33. The molecule has 0 radical (unpaired) electrons. The van der Waals surface area contributed by atoms with Crippen LogP contribution < -0.4 is 4.74 Å². The quantitative estimate of drug-likeness (QED) is 0.676. The van der Waals surface area contributed by atoms with Crippen molar-refractivity contribution in [2.24, 2.45) is 0 Å². The molecule has 116 valence electrons. The van der Waals surface area contributed by atoms with E-state index in [1.165, 1.54) is 0 Å². The zero-order chi connectivity index (χ0) is 16.3. The molecule has 5 rings (SSSR count). The molecule has 24 heavy (non-hydrogen) atoms. The third kappa shape index (κ3) is 1.49. The number of ether oxygens (including phenoxy) is 2. The van der Waals surface area contributed by atoms with Gasteiger partial charge in [0, 0.05) is 16.7 Å². The fraction of sp³-hybridized carbons (Fsp3) is 0.0952. The van der Waals surface area contributed by atoms with Crippen LogP contribution in [0.25, 0.3) is 0 Å². The van der Waals surface area contributed by atoms with Gasteiger partial charge < -0.3 is 9.47 Å². The minimum absolute atomic E-state index is 0.314. The molecule has 1 spiro atoms. The van der Waals surface area contributed by atoms with E-state index in [1.807, 2.05) is 60.7 Å². The van der Waals surface area contributed by atoms with E-state index in [9.17, 15) is 4.79 Å². The first kappa shape index (κ1) is 13.4. The molecule has 3 nitrogen and oxygen atoms in total. The molecule has 0 bridgehead atoms. The van der Waals surface area contributed by atoms with E-state index in [0.717, 1.165) is 22.3 Å². The van der Waals surface area contributed by atoms with Gasteiger partial charge in [0.2, 0.25) is 0 Å². The second-order valence-electron chi connectivity index (χ2n) is 6.16. The third-order valence-corrected chi connectivity index (χ3v) is 4.85. The van der Waals surface area contributed by atoms with E-state index < -0.39 is 5.60 Å². The molecule has 0 saturated heterocycles. The van der Waals surface area contributed by atoms with Crippen LogP contribution in [0.4, 0.5) is 0 Å². The number of para-hydroxylation sites is 2. The number of carbonyl (C=O) groups excluding carboxylic acids is 1. The Kier molecular flexibility index (Phi) is 2.50. The van der Waals surface area contributed by atoms with Crippen LogP contribution in [0.5, 0.6) is 11.5 Å². The number of allylic oxidation sites excluding steroid dienone is 1. The third-order valence-electron chi connectivity index (χ3n) is 4.85. The molecule has 1 aliphatic carbocycles. The summed E-state index contributed by atoms with van der Waals surface area (Å²) in [6.07, 6.45) is 4.70. The lowest BCUT2D eigenvalue weighted by Gasteiger charge is -2.37. The number of carbonyl (C=O) groups is 1. The predicted octanol–water partition coefficient (Wildman–Crippen LogP) is 4.41. The highest BCUT2D eigenvalue weighted by atomic mass is 16.6. The maximum atomic E-state index is 12.7. The van der Waals surface area contributed by atoms with Crippen molar-refractivity contribution in [3.63, 3.8) is 0 Å². The first-order valence-corrected chi connectivity index (χ1v) is 7.91. The molecule has 2 aliphatic heterocycles. The minimum atomic E-state index is -0.961. The molecule has 3 heteroatoms. The van der Waals surface area contributed by atoms with Gasteiger partial charge in [0.05, 0.1) is 5.57 Å². The van der Waals surface area contributed by atoms with Crippen molar-refractivity contribution >= 4 is 5.97 Å². The molecule has 0 saturated carbocycles. The summed E-state index contributed by atoms with van der Waals surface area (Å²) in [6.45, 7) is 4.06. The SMILES string of the molecule is C=C1CC=CC2=C1C(=O)OC21c2ccccc2Oc2ccccc21. The van der Waals surface area contributed by atoms with Gasteiger partial charge in [-0.1, -0.05) is 55.1 Å². The number of fused-ring (bicyclic) bond motifs is 5. The zero-order valence-corrected chi connectivity index (χ0v) is 12.9. The predicted molar refractivity (Wildman–Crippen MR) is 89.8 cm³/mol. The highest BCUT2D eigenvalue weighted by Crippen LogP contribution is 2.57. The summed E-state index contributed by atoms with van der Waals surface area (Å²) in [5, 5.41) is 0. The van der Waals surface area contributed by atoms with Gasteiger partial charge in [-0.25, -0.2) is 4.79 Å². The summed E-state index contributed by atoms with van der Waals surface area (Å²) < 4.78 is 12.1. The van der Waals surface area contributed by atoms with Gasteiger partial charge in [0.15, 0.2) is 5.60 Å². The molecule has 0 unspecified atom stereocenters. The molecule has 0 fully saturated rings. The Morgan fingerprint density at radius 2 is 1.58 bits per heavy atom. The monoisotopic (exact) mass is 314 g/mol. The van der Waals surface area contributed by atoms with Gasteiger partial charge in [0.25, 0.3) is 0 Å². The average molecular weight is 314 g/mol. The van der Waals surface area contributed by atoms with Gasteiger partial charge in [0.1, 0.15) is 11.5 Å². The van der Waals surface area contributed by atoms with Crippen molar-refractivity contribution in [3.8, 4) is 11.5 Å². The number of hydrogen-bond donors (Lipinski definition) is 0. The number of esters is 1. The van der Waals surface area contributed by atoms with Gasteiger partial charge in [-0.2, -0.15) is 0 Å². The molecule has 2 aromatic rings. The van der Waals surface area contributed by atoms with Gasteiger partial charge in [-0.15, -0.1) is 0 Å². The lowest BCUT2D eigenvalue weighted by atomic mass is 9.75. The first-order valence-electron chi connectivity index (χ1n) is 7.91. The van der Waals surface area contributed by atoms with Crippen molar-refractivity contribution in [2.75, 3.05) is 0 Å². The van der Waals surface area contributed by atoms with Gasteiger partial charge >= 0.3 is 5.97 Å². The van der Waals surface area contributed by atoms with Crippen LogP contribution in [-0.4, -0.2) is 5.97 Å². The minimum Gasteiger partial charge on any atom is -0.456 e. The smallest absolute Gasteiger partial charge is 0.340 e. The Balaban J connectivity index is 1.91. The Labute approximate surface area is 139 Å². The van der Waals surface area contributed by atoms with Crippen molar-refractivity contribution in [3.05, 3.63) is 95.1 Å². The molecule has 2 heterocycles. The zero-order valence-electron chi connectivity index (χ0n) is 12.9. The Morgan fingerprint density at radius 3 is 2.25 bits per heavy atom. The Morgan fingerprint density at radius 1 is 0.958 bits per heavy atom. The standard InChI is InChI=1S/C21H14O3/c1-13-7-6-10-16-19(13)20(22)24-21(16)14-8-2-4-11-17(14)23-18-12-5-3-9-15(18)21/h2-6,8-12H,1,7H2. The fourth-order valence-electron chi connectivity index (χ4n) is 3.84. The van der Waals surface area contributed by atoms with Crippen LogP contribution in [0.3, 0.4) is 0 Å². The molecule has 0 N–H and O–H groups in total. The van der Waals surface area contributed by atoms with Crippen molar-refractivity contribution in [1.29, 1.82) is 0 Å². The van der Waals surface area contributed by atoms with Crippen LogP contribution in [0.2, 0.25) is 0 Å². The van der Waals surface area contributed by atoms with E-state index in [0.29, 0.717) is 23.5 Å². The van der Waals surface area contributed by atoms with Crippen LogP contribution in [-0.2, 0) is 15.1 Å². The highest BCUT2D eigenvalue weighted by Gasteiger charge is 2.54.